The number of carboxylic acid groups (broad SMARTS) is 1. The second kappa shape index (κ2) is 5.70. The van der Waals surface area contributed by atoms with Gasteiger partial charge in [0.05, 0.1) is 5.41 Å². The van der Waals surface area contributed by atoms with Crippen molar-refractivity contribution in [3.05, 3.63) is 41.6 Å². The molecule has 0 aliphatic rings. The molecule has 1 aromatic rings. The van der Waals surface area contributed by atoms with Gasteiger partial charge in [0.25, 0.3) is 0 Å². The highest BCUT2D eigenvalue weighted by Crippen LogP contribution is 2.24. The van der Waals surface area contributed by atoms with E-state index in [2.05, 4.69) is 5.32 Å². The van der Waals surface area contributed by atoms with Gasteiger partial charge < -0.3 is 10.4 Å². The minimum Gasteiger partial charge on any atom is -0.481 e. The molecule has 0 fully saturated rings. The van der Waals surface area contributed by atoms with Crippen molar-refractivity contribution >= 4 is 11.7 Å². The summed E-state index contributed by atoms with van der Waals surface area (Å²) in [5, 5.41) is 29.0. The maximum Gasteiger partial charge on any atom is 0.313 e. The molecule has 0 unspecified atom stereocenters. The quantitative estimate of drug-likeness (QED) is 0.805. The van der Waals surface area contributed by atoms with E-state index < -0.39 is 11.4 Å². The summed E-state index contributed by atoms with van der Waals surface area (Å²) >= 11 is 0. The molecule has 0 aliphatic carbocycles. The Morgan fingerprint density at radius 1 is 1.26 bits per heavy atom. The molecule has 0 atom stereocenters. The molecule has 0 radical (unpaired) electrons. The Balaban J connectivity index is 2.90. The van der Waals surface area contributed by atoms with Crippen LogP contribution in [0.4, 0.5) is 5.69 Å². The van der Waals surface area contributed by atoms with Gasteiger partial charge in [-0.05, 0) is 31.5 Å². The lowest BCUT2D eigenvalue weighted by molar-refractivity contribution is -0.142. The highest BCUT2D eigenvalue weighted by Gasteiger charge is 2.28. The third kappa shape index (κ3) is 3.34. The van der Waals surface area contributed by atoms with Gasteiger partial charge in [0.2, 0.25) is 0 Å². The molecule has 5 nitrogen and oxygen atoms in total. The third-order valence-corrected chi connectivity index (χ3v) is 2.77. The molecule has 0 aromatic heterocycles. The molecule has 0 bridgehead atoms. The van der Waals surface area contributed by atoms with Gasteiger partial charge in [0.1, 0.15) is 17.7 Å². The summed E-state index contributed by atoms with van der Waals surface area (Å²) in [6, 6.07) is 10.3. The van der Waals surface area contributed by atoms with Crippen molar-refractivity contribution in [2.45, 2.75) is 19.3 Å². The minimum absolute atomic E-state index is 0.0325. The van der Waals surface area contributed by atoms with E-state index in [9.17, 15) is 4.79 Å². The monoisotopic (exact) mass is 255 g/mol. The number of nitrogens with zero attached hydrogens (tertiary/aromatic N) is 2. The molecule has 0 heterocycles. The normalized spacial score (nSPS) is 9.89. The SMILES string of the molecule is CC(C)(C(=O)O)c1ccc(NC=C(C#N)C#N)cc1. The predicted octanol–water partition coefficient (Wildman–Crippen LogP) is 2.39. The fourth-order valence-corrected chi connectivity index (χ4v) is 1.35. The van der Waals surface area contributed by atoms with Crippen LogP contribution < -0.4 is 5.32 Å². The van der Waals surface area contributed by atoms with E-state index in [0.717, 1.165) is 0 Å². The zero-order valence-corrected chi connectivity index (χ0v) is 10.6. The number of anilines is 1. The highest BCUT2D eigenvalue weighted by molar-refractivity contribution is 5.80. The maximum absolute atomic E-state index is 11.1. The van der Waals surface area contributed by atoms with Gasteiger partial charge in [0.15, 0.2) is 0 Å². The topological polar surface area (TPSA) is 96.9 Å². The zero-order valence-electron chi connectivity index (χ0n) is 10.6. The average Bonchev–Trinajstić information content (AvgIpc) is 2.40. The number of allylic oxidation sites excluding steroid dienone is 1. The highest BCUT2D eigenvalue weighted by atomic mass is 16.4. The first-order chi connectivity index (χ1) is 8.91. The lowest BCUT2D eigenvalue weighted by Gasteiger charge is -2.19. The first-order valence-corrected chi connectivity index (χ1v) is 5.52. The number of hydrogen-bond acceptors (Lipinski definition) is 4. The number of rotatable bonds is 4. The molecule has 0 spiro atoms. The molecule has 0 saturated carbocycles. The second-order valence-corrected chi connectivity index (χ2v) is 4.43. The van der Waals surface area contributed by atoms with Gasteiger partial charge in [-0.25, -0.2) is 0 Å². The molecule has 0 amide bonds. The summed E-state index contributed by atoms with van der Waals surface area (Å²) in [6.07, 6.45) is 1.30. The predicted molar refractivity (Wildman–Crippen MR) is 70.0 cm³/mol. The van der Waals surface area contributed by atoms with Gasteiger partial charge in [-0.2, -0.15) is 10.5 Å². The van der Waals surface area contributed by atoms with E-state index in [1.165, 1.54) is 6.20 Å². The van der Waals surface area contributed by atoms with Crippen molar-refractivity contribution in [1.82, 2.24) is 0 Å². The molecular weight excluding hydrogens is 242 g/mol. The van der Waals surface area contributed by atoms with Crippen molar-refractivity contribution in [3.8, 4) is 12.1 Å². The molecule has 5 heteroatoms. The van der Waals surface area contributed by atoms with Gasteiger partial charge in [-0.15, -0.1) is 0 Å². The Morgan fingerprint density at radius 2 is 1.79 bits per heavy atom. The van der Waals surface area contributed by atoms with Crippen molar-refractivity contribution in [3.63, 3.8) is 0 Å². The summed E-state index contributed by atoms with van der Waals surface area (Å²) in [6.45, 7) is 3.25. The molecule has 0 saturated heterocycles. The van der Waals surface area contributed by atoms with Crippen molar-refractivity contribution in [1.29, 1.82) is 10.5 Å². The van der Waals surface area contributed by atoms with Gasteiger partial charge in [-0.1, -0.05) is 12.1 Å². The van der Waals surface area contributed by atoms with Crippen LogP contribution >= 0.6 is 0 Å². The van der Waals surface area contributed by atoms with Crippen molar-refractivity contribution in [2.24, 2.45) is 0 Å². The van der Waals surface area contributed by atoms with Crippen LogP contribution in [0, 0.1) is 22.7 Å². The largest absolute Gasteiger partial charge is 0.481 e. The number of hydrogen-bond donors (Lipinski definition) is 2. The molecule has 19 heavy (non-hydrogen) atoms. The van der Waals surface area contributed by atoms with E-state index >= 15 is 0 Å². The molecular formula is C14H13N3O2. The van der Waals surface area contributed by atoms with Crippen LogP contribution in [0.25, 0.3) is 0 Å². The lowest BCUT2D eigenvalue weighted by atomic mass is 9.85. The van der Waals surface area contributed by atoms with E-state index in [1.54, 1.807) is 50.3 Å². The average molecular weight is 255 g/mol. The number of carboxylic acids is 1. The van der Waals surface area contributed by atoms with Crippen LogP contribution in [0.15, 0.2) is 36.0 Å². The molecule has 1 aromatic carbocycles. The Bertz CT molecular complexity index is 571. The minimum atomic E-state index is -0.959. The van der Waals surface area contributed by atoms with Crippen LogP contribution in [-0.2, 0) is 10.2 Å². The van der Waals surface area contributed by atoms with E-state index in [1.807, 2.05) is 0 Å². The van der Waals surface area contributed by atoms with Crippen LogP contribution in [0.3, 0.4) is 0 Å². The van der Waals surface area contributed by atoms with E-state index in [-0.39, 0.29) is 5.57 Å². The van der Waals surface area contributed by atoms with Gasteiger partial charge >= 0.3 is 5.97 Å². The van der Waals surface area contributed by atoms with Crippen LogP contribution in [0.2, 0.25) is 0 Å². The molecule has 96 valence electrons. The molecule has 0 aliphatic heterocycles. The summed E-state index contributed by atoms with van der Waals surface area (Å²) < 4.78 is 0. The summed E-state index contributed by atoms with van der Waals surface area (Å²) in [7, 11) is 0. The fourth-order valence-electron chi connectivity index (χ4n) is 1.35. The molecule has 1 rings (SSSR count). The number of aliphatic carboxylic acids is 1. The van der Waals surface area contributed by atoms with Crippen LogP contribution in [0.1, 0.15) is 19.4 Å². The number of benzene rings is 1. The zero-order chi connectivity index (χ0) is 14.5. The summed E-state index contributed by atoms with van der Waals surface area (Å²) in [5.41, 5.74) is 0.358. The maximum atomic E-state index is 11.1. The Hall–Kier alpha value is -2.79. The summed E-state index contributed by atoms with van der Waals surface area (Å²) in [4.78, 5) is 11.1. The van der Waals surface area contributed by atoms with Crippen LogP contribution in [-0.4, -0.2) is 11.1 Å². The Kier molecular flexibility index (Phi) is 4.28. The number of nitriles is 2. The summed E-state index contributed by atoms with van der Waals surface area (Å²) in [5.74, 6) is -0.899. The fraction of sp³-hybridized carbons (Fsp3) is 0.214. The standard InChI is InChI=1S/C14H13N3O2/c1-14(2,13(18)19)11-3-5-12(6-4-11)17-9-10(7-15)8-16/h3-6,9,17H,1-2H3,(H,18,19). The number of carbonyl (C=O) groups is 1. The molecule has 2 N–H and O–H groups in total. The van der Waals surface area contributed by atoms with Crippen LogP contribution in [0.5, 0.6) is 0 Å². The van der Waals surface area contributed by atoms with Crippen molar-refractivity contribution < 1.29 is 9.90 Å². The smallest absolute Gasteiger partial charge is 0.313 e. The third-order valence-electron chi connectivity index (χ3n) is 2.77. The first-order valence-electron chi connectivity index (χ1n) is 5.52. The van der Waals surface area contributed by atoms with Crippen molar-refractivity contribution in [2.75, 3.05) is 5.32 Å². The number of nitrogens with one attached hydrogen (secondary N) is 1. The Labute approximate surface area is 111 Å². The second-order valence-electron chi connectivity index (χ2n) is 4.43. The van der Waals surface area contributed by atoms with E-state index in [4.69, 9.17) is 15.6 Å². The first kappa shape index (κ1) is 14.3. The van der Waals surface area contributed by atoms with E-state index in [0.29, 0.717) is 11.3 Å². The Morgan fingerprint density at radius 3 is 2.21 bits per heavy atom. The lowest BCUT2D eigenvalue weighted by Crippen LogP contribution is -2.28. The van der Waals surface area contributed by atoms with Gasteiger partial charge in [0, 0.05) is 11.9 Å². The van der Waals surface area contributed by atoms with Gasteiger partial charge in [-0.3, -0.25) is 4.79 Å².